The van der Waals surface area contributed by atoms with E-state index < -0.39 is 0 Å². The van der Waals surface area contributed by atoms with E-state index in [9.17, 15) is 0 Å². The molecule has 1 aromatic carbocycles. The SMILES string of the molecule is NC(Cc1ccc(O)cc1)c1cccs1. The third kappa shape index (κ3) is 2.58. The molecule has 3 N–H and O–H groups in total. The van der Waals surface area contributed by atoms with Gasteiger partial charge in [0.25, 0.3) is 0 Å². The molecule has 2 aromatic rings. The fraction of sp³-hybridized carbons (Fsp3) is 0.167. The zero-order valence-electron chi connectivity index (χ0n) is 8.26. The topological polar surface area (TPSA) is 46.2 Å². The summed E-state index contributed by atoms with van der Waals surface area (Å²) in [6.45, 7) is 0. The fourth-order valence-electron chi connectivity index (χ4n) is 1.49. The van der Waals surface area contributed by atoms with Crippen LogP contribution in [0.15, 0.2) is 41.8 Å². The molecule has 1 aromatic heterocycles. The molecule has 1 unspecified atom stereocenters. The van der Waals surface area contributed by atoms with Gasteiger partial charge in [-0.25, -0.2) is 0 Å². The quantitative estimate of drug-likeness (QED) is 0.833. The summed E-state index contributed by atoms with van der Waals surface area (Å²) in [5, 5.41) is 11.2. The molecular formula is C12H13NOS. The first-order chi connectivity index (χ1) is 7.25. The Bertz CT molecular complexity index is 408. The predicted molar refractivity (Wildman–Crippen MR) is 63.1 cm³/mol. The molecule has 0 saturated carbocycles. The summed E-state index contributed by atoms with van der Waals surface area (Å²) in [6, 6.07) is 11.3. The van der Waals surface area contributed by atoms with Gasteiger partial charge in [0.05, 0.1) is 0 Å². The van der Waals surface area contributed by atoms with Crippen molar-refractivity contribution in [1.29, 1.82) is 0 Å². The van der Waals surface area contributed by atoms with E-state index in [1.54, 1.807) is 23.5 Å². The molecule has 78 valence electrons. The Morgan fingerprint density at radius 3 is 2.53 bits per heavy atom. The zero-order valence-corrected chi connectivity index (χ0v) is 9.08. The summed E-state index contributed by atoms with van der Waals surface area (Å²) in [7, 11) is 0. The Labute approximate surface area is 93.0 Å². The third-order valence-electron chi connectivity index (χ3n) is 2.30. The van der Waals surface area contributed by atoms with Crippen LogP contribution >= 0.6 is 11.3 Å². The predicted octanol–water partition coefficient (Wildman–Crippen LogP) is 2.70. The molecule has 1 atom stereocenters. The van der Waals surface area contributed by atoms with Crippen molar-refractivity contribution in [2.24, 2.45) is 5.73 Å². The molecule has 0 aliphatic rings. The van der Waals surface area contributed by atoms with E-state index >= 15 is 0 Å². The second kappa shape index (κ2) is 4.47. The van der Waals surface area contributed by atoms with Crippen molar-refractivity contribution in [3.63, 3.8) is 0 Å². The summed E-state index contributed by atoms with van der Waals surface area (Å²) in [6.07, 6.45) is 0.806. The van der Waals surface area contributed by atoms with Gasteiger partial charge in [-0.15, -0.1) is 11.3 Å². The molecule has 3 heteroatoms. The molecule has 0 aliphatic carbocycles. The number of thiophene rings is 1. The molecule has 0 radical (unpaired) electrons. The number of hydrogen-bond donors (Lipinski definition) is 2. The van der Waals surface area contributed by atoms with E-state index in [2.05, 4.69) is 6.07 Å². The highest BCUT2D eigenvalue weighted by molar-refractivity contribution is 7.10. The van der Waals surface area contributed by atoms with Gasteiger partial charge in [-0.1, -0.05) is 18.2 Å². The Kier molecular flexibility index (Phi) is 3.04. The standard InChI is InChI=1S/C12H13NOS/c13-11(12-2-1-7-15-12)8-9-3-5-10(14)6-4-9/h1-7,11,14H,8,13H2. The first kappa shape index (κ1) is 10.2. The van der Waals surface area contributed by atoms with Crippen molar-refractivity contribution >= 4 is 11.3 Å². The van der Waals surface area contributed by atoms with Crippen molar-refractivity contribution < 1.29 is 5.11 Å². The molecule has 0 bridgehead atoms. The van der Waals surface area contributed by atoms with Crippen molar-refractivity contribution in [2.45, 2.75) is 12.5 Å². The molecule has 0 fully saturated rings. The maximum atomic E-state index is 9.15. The van der Waals surface area contributed by atoms with Crippen molar-refractivity contribution in [1.82, 2.24) is 0 Å². The summed E-state index contributed by atoms with van der Waals surface area (Å²) in [5.74, 6) is 0.295. The van der Waals surface area contributed by atoms with Crippen LogP contribution < -0.4 is 5.73 Å². The number of phenolic OH excluding ortho intramolecular Hbond substituents is 1. The second-order valence-corrected chi connectivity index (χ2v) is 4.47. The molecule has 15 heavy (non-hydrogen) atoms. The highest BCUT2D eigenvalue weighted by Crippen LogP contribution is 2.21. The van der Waals surface area contributed by atoms with Crippen LogP contribution in [-0.4, -0.2) is 5.11 Å². The van der Waals surface area contributed by atoms with Crippen LogP contribution in [0.25, 0.3) is 0 Å². The molecule has 0 amide bonds. The van der Waals surface area contributed by atoms with Gasteiger partial charge in [-0.2, -0.15) is 0 Å². The highest BCUT2D eigenvalue weighted by atomic mass is 32.1. The van der Waals surface area contributed by atoms with Crippen LogP contribution in [-0.2, 0) is 6.42 Å². The lowest BCUT2D eigenvalue weighted by atomic mass is 10.1. The van der Waals surface area contributed by atoms with E-state index in [1.807, 2.05) is 23.6 Å². The van der Waals surface area contributed by atoms with Crippen molar-refractivity contribution in [2.75, 3.05) is 0 Å². The van der Waals surface area contributed by atoms with Gasteiger partial charge < -0.3 is 10.8 Å². The number of hydrogen-bond acceptors (Lipinski definition) is 3. The van der Waals surface area contributed by atoms with E-state index in [0.29, 0.717) is 5.75 Å². The van der Waals surface area contributed by atoms with E-state index in [4.69, 9.17) is 10.8 Å². The fourth-order valence-corrected chi connectivity index (χ4v) is 2.22. The van der Waals surface area contributed by atoms with Gasteiger partial charge in [0.1, 0.15) is 5.75 Å². The van der Waals surface area contributed by atoms with E-state index in [0.717, 1.165) is 12.0 Å². The van der Waals surface area contributed by atoms with Gasteiger partial charge in [0.2, 0.25) is 0 Å². The molecule has 0 aliphatic heterocycles. The number of aromatic hydroxyl groups is 1. The van der Waals surface area contributed by atoms with Gasteiger partial charge in [0.15, 0.2) is 0 Å². The van der Waals surface area contributed by atoms with Crippen LogP contribution in [0.1, 0.15) is 16.5 Å². The summed E-state index contributed by atoms with van der Waals surface area (Å²) < 4.78 is 0. The third-order valence-corrected chi connectivity index (χ3v) is 3.30. The van der Waals surface area contributed by atoms with Crippen molar-refractivity contribution in [3.8, 4) is 5.75 Å². The Morgan fingerprint density at radius 2 is 1.93 bits per heavy atom. The Hall–Kier alpha value is -1.32. The summed E-state index contributed by atoms with van der Waals surface area (Å²) >= 11 is 1.68. The lowest BCUT2D eigenvalue weighted by Crippen LogP contribution is -2.11. The van der Waals surface area contributed by atoms with Crippen LogP contribution in [0.5, 0.6) is 5.75 Å². The minimum Gasteiger partial charge on any atom is -0.508 e. The monoisotopic (exact) mass is 219 g/mol. The molecular weight excluding hydrogens is 206 g/mol. The highest BCUT2D eigenvalue weighted by Gasteiger charge is 2.07. The Balaban J connectivity index is 2.06. The summed E-state index contributed by atoms with van der Waals surface area (Å²) in [4.78, 5) is 1.20. The molecule has 0 saturated heterocycles. The van der Waals surface area contributed by atoms with Crippen LogP contribution in [0, 0.1) is 0 Å². The summed E-state index contributed by atoms with van der Waals surface area (Å²) in [5.41, 5.74) is 7.20. The van der Waals surface area contributed by atoms with Gasteiger partial charge in [-0.05, 0) is 35.6 Å². The molecule has 2 rings (SSSR count). The van der Waals surface area contributed by atoms with E-state index in [1.165, 1.54) is 4.88 Å². The molecule has 2 nitrogen and oxygen atoms in total. The number of nitrogens with two attached hydrogens (primary N) is 1. The van der Waals surface area contributed by atoms with Gasteiger partial charge in [0, 0.05) is 10.9 Å². The largest absolute Gasteiger partial charge is 0.508 e. The first-order valence-corrected chi connectivity index (χ1v) is 5.70. The van der Waals surface area contributed by atoms with Crippen LogP contribution in [0.4, 0.5) is 0 Å². The first-order valence-electron chi connectivity index (χ1n) is 4.82. The number of phenols is 1. The maximum Gasteiger partial charge on any atom is 0.115 e. The number of rotatable bonds is 3. The Morgan fingerprint density at radius 1 is 1.20 bits per heavy atom. The minimum absolute atomic E-state index is 0.0505. The lowest BCUT2D eigenvalue weighted by Gasteiger charge is -2.09. The lowest BCUT2D eigenvalue weighted by molar-refractivity contribution is 0.475. The minimum atomic E-state index is 0.0505. The normalized spacial score (nSPS) is 12.6. The van der Waals surface area contributed by atoms with Gasteiger partial charge >= 0.3 is 0 Å². The average molecular weight is 219 g/mol. The maximum absolute atomic E-state index is 9.15. The molecule has 0 spiro atoms. The van der Waals surface area contributed by atoms with Crippen LogP contribution in [0.3, 0.4) is 0 Å². The molecule has 1 heterocycles. The van der Waals surface area contributed by atoms with E-state index in [-0.39, 0.29) is 6.04 Å². The van der Waals surface area contributed by atoms with Crippen LogP contribution in [0.2, 0.25) is 0 Å². The van der Waals surface area contributed by atoms with Gasteiger partial charge in [-0.3, -0.25) is 0 Å². The number of benzene rings is 1. The zero-order chi connectivity index (χ0) is 10.7. The second-order valence-electron chi connectivity index (χ2n) is 3.49. The average Bonchev–Trinajstić information content (AvgIpc) is 2.74. The van der Waals surface area contributed by atoms with Crippen molar-refractivity contribution in [3.05, 3.63) is 52.2 Å². The smallest absolute Gasteiger partial charge is 0.115 e.